The van der Waals surface area contributed by atoms with Crippen LogP contribution in [0.3, 0.4) is 0 Å². The highest BCUT2D eigenvalue weighted by molar-refractivity contribution is 5.70. The Labute approximate surface area is 267 Å². The van der Waals surface area contributed by atoms with Crippen molar-refractivity contribution < 1.29 is 24.2 Å². The second-order valence-corrected chi connectivity index (χ2v) is 12.7. The standard InChI is InChI=1S/C38H72O5/c1-3-5-7-9-11-13-15-17-19-21-23-25-27-29-31-33-38(41)43-36(34-39)35-42-37(40)32-30-28-26-24-22-20-18-16-14-12-10-8-6-4-2/h17,19,36,39H,3-16,18,20-35H2,1-2H3/b19-17-/t36-/m0/s1. The van der Waals surface area contributed by atoms with Crippen LogP contribution in [0.1, 0.15) is 200 Å². The number of aliphatic hydroxyl groups is 1. The molecule has 0 aliphatic carbocycles. The van der Waals surface area contributed by atoms with Crippen molar-refractivity contribution in [2.75, 3.05) is 13.2 Å². The van der Waals surface area contributed by atoms with Gasteiger partial charge in [0.1, 0.15) is 6.61 Å². The van der Waals surface area contributed by atoms with Crippen molar-refractivity contribution in [2.45, 2.75) is 206 Å². The summed E-state index contributed by atoms with van der Waals surface area (Å²) < 4.78 is 10.6. The summed E-state index contributed by atoms with van der Waals surface area (Å²) in [5, 5.41) is 9.53. The lowest BCUT2D eigenvalue weighted by Gasteiger charge is -2.15. The number of carbonyl (C=O) groups is 2. The van der Waals surface area contributed by atoms with Gasteiger partial charge < -0.3 is 14.6 Å². The Kier molecular flexibility index (Phi) is 34.0. The molecule has 0 fully saturated rings. The summed E-state index contributed by atoms with van der Waals surface area (Å²) in [5.74, 6) is -0.592. The molecule has 0 aromatic carbocycles. The van der Waals surface area contributed by atoms with Crippen LogP contribution in [0.25, 0.3) is 0 Å². The fourth-order valence-electron chi connectivity index (χ4n) is 5.43. The fraction of sp³-hybridized carbons (Fsp3) is 0.895. The van der Waals surface area contributed by atoms with E-state index in [1.54, 1.807) is 0 Å². The minimum Gasteiger partial charge on any atom is -0.462 e. The van der Waals surface area contributed by atoms with Gasteiger partial charge in [0.05, 0.1) is 6.61 Å². The lowest BCUT2D eigenvalue weighted by atomic mass is 10.0. The van der Waals surface area contributed by atoms with Crippen LogP contribution in [-0.2, 0) is 19.1 Å². The highest BCUT2D eigenvalue weighted by Gasteiger charge is 2.16. The molecule has 0 amide bonds. The Hall–Kier alpha value is -1.36. The second kappa shape index (κ2) is 35.1. The summed E-state index contributed by atoms with van der Waals surface area (Å²) in [7, 11) is 0. The molecule has 43 heavy (non-hydrogen) atoms. The zero-order valence-electron chi connectivity index (χ0n) is 28.7. The molecule has 0 unspecified atom stereocenters. The van der Waals surface area contributed by atoms with Crippen LogP contribution in [0.5, 0.6) is 0 Å². The molecule has 0 radical (unpaired) electrons. The highest BCUT2D eigenvalue weighted by Crippen LogP contribution is 2.14. The summed E-state index contributed by atoms with van der Waals surface area (Å²) in [5.41, 5.74) is 0. The van der Waals surface area contributed by atoms with E-state index in [1.807, 2.05) is 0 Å². The van der Waals surface area contributed by atoms with Gasteiger partial charge in [0.25, 0.3) is 0 Å². The monoisotopic (exact) mass is 609 g/mol. The van der Waals surface area contributed by atoms with E-state index < -0.39 is 6.10 Å². The van der Waals surface area contributed by atoms with Gasteiger partial charge in [-0.3, -0.25) is 9.59 Å². The Morgan fingerprint density at radius 1 is 0.512 bits per heavy atom. The van der Waals surface area contributed by atoms with Gasteiger partial charge >= 0.3 is 11.9 Å². The average molecular weight is 609 g/mol. The first-order chi connectivity index (χ1) is 21.1. The molecule has 0 saturated carbocycles. The molecule has 1 atom stereocenters. The fourth-order valence-corrected chi connectivity index (χ4v) is 5.43. The minimum atomic E-state index is -0.768. The normalized spacial score (nSPS) is 12.2. The first kappa shape index (κ1) is 41.6. The van der Waals surface area contributed by atoms with E-state index in [0.717, 1.165) is 44.9 Å². The molecule has 1 N–H and O–H groups in total. The maximum atomic E-state index is 12.1. The molecule has 0 saturated heterocycles. The quantitative estimate of drug-likeness (QED) is 0.0447. The van der Waals surface area contributed by atoms with Gasteiger partial charge in [-0.2, -0.15) is 0 Å². The maximum absolute atomic E-state index is 12.1. The molecule has 0 aliphatic heterocycles. The SMILES string of the molecule is CCCCCCCC/C=C\CCCCCCCC(=O)O[C@@H](CO)COC(=O)CCCCCCCCCCCCCCCC. The van der Waals surface area contributed by atoms with E-state index in [4.69, 9.17) is 9.47 Å². The van der Waals surface area contributed by atoms with Gasteiger partial charge in [-0.05, 0) is 38.5 Å². The largest absolute Gasteiger partial charge is 0.462 e. The van der Waals surface area contributed by atoms with Gasteiger partial charge in [-0.1, -0.05) is 161 Å². The van der Waals surface area contributed by atoms with Crippen molar-refractivity contribution in [3.63, 3.8) is 0 Å². The number of hydrogen-bond donors (Lipinski definition) is 1. The Morgan fingerprint density at radius 3 is 1.26 bits per heavy atom. The smallest absolute Gasteiger partial charge is 0.306 e. The first-order valence-corrected chi connectivity index (χ1v) is 18.7. The van der Waals surface area contributed by atoms with Gasteiger partial charge in [0.15, 0.2) is 6.10 Å². The van der Waals surface area contributed by atoms with Crippen molar-refractivity contribution in [1.82, 2.24) is 0 Å². The molecule has 0 aliphatic rings. The van der Waals surface area contributed by atoms with Crippen LogP contribution in [0.4, 0.5) is 0 Å². The third-order valence-corrected chi connectivity index (χ3v) is 8.31. The molecular weight excluding hydrogens is 536 g/mol. The summed E-state index contributed by atoms with van der Waals surface area (Å²) in [6, 6.07) is 0. The number of carbonyl (C=O) groups excluding carboxylic acids is 2. The number of esters is 2. The Morgan fingerprint density at radius 2 is 0.860 bits per heavy atom. The van der Waals surface area contributed by atoms with Gasteiger partial charge in [0, 0.05) is 12.8 Å². The van der Waals surface area contributed by atoms with E-state index >= 15 is 0 Å². The summed E-state index contributed by atoms with van der Waals surface area (Å²) in [4.78, 5) is 24.2. The van der Waals surface area contributed by atoms with E-state index in [2.05, 4.69) is 26.0 Å². The molecule has 0 aromatic rings. The van der Waals surface area contributed by atoms with Crippen molar-refractivity contribution in [3.05, 3.63) is 12.2 Å². The molecule has 0 spiro atoms. The topological polar surface area (TPSA) is 72.8 Å². The highest BCUT2D eigenvalue weighted by atomic mass is 16.6. The van der Waals surface area contributed by atoms with Gasteiger partial charge in [0.2, 0.25) is 0 Å². The van der Waals surface area contributed by atoms with Crippen LogP contribution in [0.15, 0.2) is 12.2 Å². The Balaban J connectivity index is 3.54. The minimum absolute atomic E-state index is 0.0634. The number of aliphatic hydroxyl groups excluding tert-OH is 1. The van der Waals surface area contributed by atoms with Gasteiger partial charge in [-0.25, -0.2) is 0 Å². The average Bonchev–Trinajstić information content (AvgIpc) is 3.01. The summed E-state index contributed by atoms with van der Waals surface area (Å²) in [6.07, 6.45) is 38.3. The molecule has 0 bridgehead atoms. The van der Waals surface area contributed by atoms with Crippen LogP contribution in [0.2, 0.25) is 0 Å². The molecular formula is C38H72O5. The maximum Gasteiger partial charge on any atom is 0.306 e. The molecule has 0 heterocycles. The third-order valence-electron chi connectivity index (χ3n) is 8.31. The lowest BCUT2D eigenvalue weighted by Crippen LogP contribution is -2.28. The number of allylic oxidation sites excluding steroid dienone is 2. The van der Waals surface area contributed by atoms with Crippen molar-refractivity contribution in [2.24, 2.45) is 0 Å². The molecule has 0 rings (SSSR count). The summed E-state index contributed by atoms with van der Waals surface area (Å²) in [6.45, 7) is 4.13. The van der Waals surface area contributed by atoms with Crippen LogP contribution in [0, 0.1) is 0 Å². The predicted octanol–water partition coefficient (Wildman–Crippen LogP) is 11.3. The Bertz CT molecular complexity index is 617. The van der Waals surface area contributed by atoms with E-state index in [0.29, 0.717) is 12.8 Å². The third kappa shape index (κ3) is 33.4. The van der Waals surface area contributed by atoms with Crippen molar-refractivity contribution in [1.29, 1.82) is 0 Å². The molecule has 254 valence electrons. The molecule has 0 aromatic heterocycles. The number of hydrogen-bond acceptors (Lipinski definition) is 5. The van der Waals surface area contributed by atoms with E-state index in [9.17, 15) is 14.7 Å². The first-order valence-electron chi connectivity index (χ1n) is 18.7. The van der Waals surface area contributed by atoms with Crippen molar-refractivity contribution >= 4 is 11.9 Å². The van der Waals surface area contributed by atoms with Crippen LogP contribution >= 0.6 is 0 Å². The van der Waals surface area contributed by atoms with Gasteiger partial charge in [-0.15, -0.1) is 0 Å². The van der Waals surface area contributed by atoms with Crippen LogP contribution in [-0.4, -0.2) is 36.4 Å². The number of rotatable bonds is 34. The van der Waals surface area contributed by atoms with E-state index in [-0.39, 0.29) is 25.2 Å². The second-order valence-electron chi connectivity index (χ2n) is 12.7. The lowest BCUT2D eigenvalue weighted by molar-refractivity contribution is -0.161. The number of unbranched alkanes of at least 4 members (excludes halogenated alkanes) is 24. The summed E-state index contributed by atoms with van der Waals surface area (Å²) >= 11 is 0. The zero-order chi connectivity index (χ0) is 31.5. The van der Waals surface area contributed by atoms with Crippen molar-refractivity contribution in [3.8, 4) is 0 Å². The predicted molar refractivity (Wildman–Crippen MR) is 182 cm³/mol. The molecule has 5 nitrogen and oxygen atoms in total. The number of ether oxygens (including phenoxy) is 2. The van der Waals surface area contributed by atoms with Crippen LogP contribution < -0.4 is 0 Å². The zero-order valence-corrected chi connectivity index (χ0v) is 28.7. The van der Waals surface area contributed by atoms with E-state index in [1.165, 1.54) is 128 Å². The molecule has 5 heteroatoms.